The SMILES string of the molecule is CC1=C2C(=O)Oc3ccccc3C2C2=C(CC(C)(C)CC2=O)O1. The lowest BCUT2D eigenvalue weighted by Crippen LogP contribution is -2.36. The number of hydrogen-bond donors (Lipinski definition) is 0. The summed E-state index contributed by atoms with van der Waals surface area (Å²) < 4.78 is 11.3. The molecule has 0 amide bonds. The topological polar surface area (TPSA) is 52.6 Å². The van der Waals surface area contributed by atoms with E-state index in [-0.39, 0.29) is 17.1 Å². The van der Waals surface area contributed by atoms with Gasteiger partial charge in [-0.05, 0) is 18.4 Å². The molecule has 3 aliphatic rings. The maximum absolute atomic E-state index is 12.8. The van der Waals surface area contributed by atoms with Gasteiger partial charge in [0.05, 0.1) is 11.5 Å². The van der Waals surface area contributed by atoms with Gasteiger partial charge in [-0.2, -0.15) is 0 Å². The molecule has 0 aromatic heterocycles. The largest absolute Gasteiger partial charge is 0.465 e. The van der Waals surface area contributed by atoms with Gasteiger partial charge < -0.3 is 9.47 Å². The van der Waals surface area contributed by atoms with E-state index in [0.717, 1.165) is 5.56 Å². The molecular weight excluding hydrogens is 292 g/mol. The van der Waals surface area contributed by atoms with Crippen molar-refractivity contribution in [2.75, 3.05) is 0 Å². The average molecular weight is 310 g/mol. The third kappa shape index (κ3) is 2.05. The molecule has 4 rings (SSSR count). The second-order valence-electron chi connectivity index (χ2n) is 7.21. The van der Waals surface area contributed by atoms with Crippen LogP contribution in [0.15, 0.2) is 46.9 Å². The molecule has 23 heavy (non-hydrogen) atoms. The first-order valence-electron chi connectivity index (χ1n) is 7.83. The third-order valence-corrected chi connectivity index (χ3v) is 4.76. The maximum atomic E-state index is 12.8. The predicted octanol–water partition coefficient (Wildman–Crippen LogP) is 3.64. The molecule has 4 heteroatoms. The zero-order valence-corrected chi connectivity index (χ0v) is 13.4. The summed E-state index contributed by atoms with van der Waals surface area (Å²) in [6.45, 7) is 5.90. The lowest BCUT2D eigenvalue weighted by atomic mass is 9.69. The third-order valence-electron chi connectivity index (χ3n) is 4.76. The number of allylic oxidation sites excluding steroid dienone is 3. The highest BCUT2D eigenvalue weighted by Gasteiger charge is 2.47. The first-order chi connectivity index (χ1) is 10.9. The normalized spacial score (nSPS) is 25.3. The van der Waals surface area contributed by atoms with Crippen molar-refractivity contribution in [3.05, 3.63) is 52.5 Å². The Morgan fingerprint density at radius 1 is 1.04 bits per heavy atom. The number of ketones is 1. The van der Waals surface area contributed by atoms with Crippen molar-refractivity contribution >= 4 is 11.8 Å². The van der Waals surface area contributed by atoms with Crippen LogP contribution in [-0.4, -0.2) is 11.8 Å². The van der Waals surface area contributed by atoms with Crippen LogP contribution in [-0.2, 0) is 14.3 Å². The molecule has 0 bridgehead atoms. The molecule has 0 spiro atoms. The molecule has 0 saturated carbocycles. The highest BCUT2D eigenvalue weighted by molar-refractivity contribution is 6.05. The van der Waals surface area contributed by atoms with Crippen molar-refractivity contribution in [2.24, 2.45) is 5.41 Å². The molecule has 2 aliphatic heterocycles. The maximum Gasteiger partial charge on any atom is 0.343 e. The Hall–Kier alpha value is -2.36. The molecule has 0 radical (unpaired) electrons. The number of fused-ring (bicyclic) bond motifs is 4. The summed E-state index contributed by atoms with van der Waals surface area (Å²) in [5, 5.41) is 0. The van der Waals surface area contributed by atoms with Gasteiger partial charge in [0, 0.05) is 24.0 Å². The first kappa shape index (κ1) is 14.2. The second-order valence-corrected chi connectivity index (χ2v) is 7.21. The van der Waals surface area contributed by atoms with Gasteiger partial charge in [0.2, 0.25) is 0 Å². The van der Waals surface area contributed by atoms with Gasteiger partial charge in [0.15, 0.2) is 5.78 Å². The van der Waals surface area contributed by atoms with Gasteiger partial charge in [0.25, 0.3) is 0 Å². The van der Waals surface area contributed by atoms with Gasteiger partial charge in [-0.3, -0.25) is 4.79 Å². The van der Waals surface area contributed by atoms with Gasteiger partial charge in [-0.15, -0.1) is 0 Å². The Balaban J connectivity index is 1.95. The van der Waals surface area contributed by atoms with Crippen molar-refractivity contribution < 1.29 is 19.1 Å². The summed E-state index contributed by atoms with van der Waals surface area (Å²) in [5.41, 5.74) is 1.83. The number of esters is 1. The molecular formula is C19H18O4. The lowest BCUT2D eigenvalue weighted by molar-refractivity contribution is -0.131. The van der Waals surface area contributed by atoms with Crippen LogP contribution in [0.25, 0.3) is 0 Å². The Morgan fingerprint density at radius 2 is 1.78 bits per heavy atom. The van der Waals surface area contributed by atoms with E-state index in [1.54, 1.807) is 13.0 Å². The molecule has 0 fully saturated rings. The number of para-hydroxylation sites is 1. The Morgan fingerprint density at radius 3 is 2.57 bits per heavy atom. The standard InChI is InChI=1S/C19H18O4/c1-10-15-16(11-6-4-5-7-13(11)23-18(15)21)17-12(20)8-19(2,3)9-14(17)22-10/h4-7,16H,8-9H2,1-3H3. The number of benzene rings is 1. The van der Waals surface area contributed by atoms with Crippen molar-refractivity contribution in [3.63, 3.8) is 0 Å². The fourth-order valence-electron chi connectivity index (χ4n) is 3.82. The van der Waals surface area contributed by atoms with Crippen LogP contribution in [0.4, 0.5) is 0 Å². The fraction of sp³-hybridized carbons (Fsp3) is 0.368. The summed E-state index contributed by atoms with van der Waals surface area (Å²) in [4.78, 5) is 25.2. The van der Waals surface area contributed by atoms with Gasteiger partial charge in [-0.25, -0.2) is 4.79 Å². The molecule has 118 valence electrons. The molecule has 1 aromatic rings. The van der Waals surface area contributed by atoms with Crippen LogP contribution in [0.1, 0.15) is 45.1 Å². The number of hydrogen-bond acceptors (Lipinski definition) is 4. The summed E-state index contributed by atoms with van der Waals surface area (Å²) in [6, 6.07) is 7.42. The number of rotatable bonds is 0. The van der Waals surface area contributed by atoms with E-state index in [1.807, 2.05) is 18.2 Å². The minimum atomic E-state index is -0.421. The van der Waals surface area contributed by atoms with Crippen molar-refractivity contribution in [1.29, 1.82) is 0 Å². The molecule has 1 unspecified atom stereocenters. The Bertz CT molecular complexity index is 810. The summed E-state index contributed by atoms with van der Waals surface area (Å²) >= 11 is 0. The smallest absolute Gasteiger partial charge is 0.343 e. The van der Waals surface area contributed by atoms with Crippen molar-refractivity contribution in [3.8, 4) is 5.75 Å². The highest BCUT2D eigenvalue weighted by atomic mass is 16.5. The molecule has 0 N–H and O–H groups in total. The van der Waals surface area contributed by atoms with Crippen molar-refractivity contribution in [1.82, 2.24) is 0 Å². The Kier molecular flexibility index (Phi) is 2.83. The zero-order valence-electron chi connectivity index (χ0n) is 13.4. The number of carbonyl (C=O) groups excluding carboxylic acids is 2. The number of Topliss-reactive ketones (excluding diaryl/α,β-unsaturated/α-hetero) is 1. The molecule has 0 saturated heterocycles. The minimum absolute atomic E-state index is 0.0655. The second kappa shape index (κ2) is 4.57. The summed E-state index contributed by atoms with van der Waals surface area (Å²) in [7, 11) is 0. The van der Waals surface area contributed by atoms with Crippen LogP contribution >= 0.6 is 0 Å². The van der Waals surface area contributed by atoms with Crippen LogP contribution in [0.3, 0.4) is 0 Å². The van der Waals surface area contributed by atoms with Gasteiger partial charge in [-0.1, -0.05) is 32.0 Å². The van der Waals surface area contributed by atoms with E-state index in [9.17, 15) is 9.59 Å². The van der Waals surface area contributed by atoms with E-state index in [1.165, 1.54) is 0 Å². The molecule has 1 atom stereocenters. The van der Waals surface area contributed by atoms with Crippen LogP contribution < -0.4 is 4.74 Å². The molecule has 2 heterocycles. The van der Waals surface area contributed by atoms with Crippen molar-refractivity contribution in [2.45, 2.75) is 39.5 Å². The monoisotopic (exact) mass is 310 g/mol. The minimum Gasteiger partial charge on any atom is -0.465 e. The number of ether oxygens (including phenoxy) is 2. The first-order valence-corrected chi connectivity index (χ1v) is 7.83. The van der Waals surface area contributed by atoms with E-state index in [2.05, 4.69) is 13.8 Å². The van der Waals surface area contributed by atoms with Crippen LogP contribution in [0, 0.1) is 5.41 Å². The molecule has 4 nitrogen and oxygen atoms in total. The lowest BCUT2D eigenvalue weighted by Gasteiger charge is -2.39. The van der Waals surface area contributed by atoms with Crippen LogP contribution in [0.5, 0.6) is 5.75 Å². The summed E-state index contributed by atoms with van der Waals surface area (Å²) in [6.07, 6.45) is 1.17. The predicted molar refractivity (Wildman–Crippen MR) is 83.7 cm³/mol. The van der Waals surface area contributed by atoms with E-state index >= 15 is 0 Å². The molecule has 1 aromatic carbocycles. The molecule has 1 aliphatic carbocycles. The highest BCUT2D eigenvalue weighted by Crippen LogP contribution is 2.52. The van der Waals surface area contributed by atoms with Crippen LogP contribution in [0.2, 0.25) is 0 Å². The Labute approximate surface area is 134 Å². The van der Waals surface area contributed by atoms with E-state index in [4.69, 9.17) is 9.47 Å². The average Bonchev–Trinajstić information content (AvgIpc) is 2.44. The summed E-state index contributed by atoms with van der Waals surface area (Å²) in [5.74, 6) is 1.07. The van der Waals surface area contributed by atoms with E-state index in [0.29, 0.717) is 41.3 Å². The number of carbonyl (C=O) groups is 2. The van der Waals surface area contributed by atoms with Gasteiger partial charge in [0.1, 0.15) is 17.3 Å². The fourth-order valence-corrected chi connectivity index (χ4v) is 3.82. The quantitative estimate of drug-likeness (QED) is 0.542. The van der Waals surface area contributed by atoms with Gasteiger partial charge >= 0.3 is 5.97 Å². The van der Waals surface area contributed by atoms with E-state index < -0.39 is 5.97 Å². The zero-order chi connectivity index (χ0) is 16.4.